The summed E-state index contributed by atoms with van der Waals surface area (Å²) in [5.41, 5.74) is 1.89. The molecule has 1 amide bonds. The molecule has 1 N–H and O–H groups in total. The summed E-state index contributed by atoms with van der Waals surface area (Å²) in [7, 11) is 0. The van der Waals surface area contributed by atoms with Crippen molar-refractivity contribution in [1.82, 2.24) is 14.8 Å². The highest BCUT2D eigenvalue weighted by Crippen LogP contribution is 2.31. The van der Waals surface area contributed by atoms with Crippen LogP contribution in [0.4, 0.5) is 5.69 Å². The highest BCUT2D eigenvalue weighted by atomic mass is 32.2. The highest BCUT2D eigenvalue weighted by molar-refractivity contribution is 7.99. The second-order valence-electron chi connectivity index (χ2n) is 8.83. The Balaban J connectivity index is 1.17. The third-order valence-corrected chi connectivity index (χ3v) is 8.24. The first-order valence-corrected chi connectivity index (χ1v) is 13.8. The average Bonchev–Trinajstić information content (AvgIpc) is 3.69. The Morgan fingerprint density at radius 3 is 2.54 bits per heavy atom. The van der Waals surface area contributed by atoms with Gasteiger partial charge in [0.25, 0.3) is 0 Å². The van der Waals surface area contributed by atoms with Gasteiger partial charge >= 0.3 is 0 Å². The summed E-state index contributed by atoms with van der Waals surface area (Å²) in [6.45, 7) is 1.39. The molecule has 1 unspecified atom stereocenters. The van der Waals surface area contributed by atoms with Gasteiger partial charge in [0.05, 0.1) is 23.3 Å². The van der Waals surface area contributed by atoms with Gasteiger partial charge in [-0.25, -0.2) is 0 Å². The minimum Gasteiger partial charge on any atom is -0.376 e. The van der Waals surface area contributed by atoms with E-state index in [2.05, 4.69) is 15.5 Å². The van der Waals surface area contributed by atoms with Gasteiger partial charge < -0.3 is 10.1 Å². The van der Waals surface area contributed by atoms with Gasteiger partial charge in [0.2, 0.25) is 5.91 Å². The number of thiophene rings is 1. The van der Waals surface area contributed by atoms with Crippen molar-refractivity contribution in [2.75, 3.05) is 17.7 Å². The van der Waals surface area contributed by atoms with Gasteiger partial charge in [0, 0.05) is 34.5 Å². The Morgan fingerprint density at radius 2 is 1.81 bits per heavy atom. The van der Waals surface area contributed by atoms with Crippen LogP contribution in [0, 0.1) is 0 Å². The van der Waals surface area contributed by atoms with Crippen LogP contribution < -0.4 is 5.32 Å². The SMILES string of the molecule is O=C(CSc1nnc(-c2cccs2)n1CC1CCCO1)Nc1ccc2c(c1)C(=O)c1ccccc1C2=O. The molecule has 2 aromatic carbocycles. The number of benzene rings is 2. The molecule has 2 aromatic heterocycles. The second kappa shape index (κ2) is 10.0. The molecular formula is C27H22N4O4S2. The molecule has 3 heterocycles. The van der Waals surface area contributed by atoms with Gasteiger partial charge in [0.1, 0.15) is 0 Å². The number of ketones is 2. The van der Waals surface area contributed by atoms with Gasteiger partial charge in [-0.1, -0.05) is 42.1 Å². The fourth-order valence-corrected chi connectivity index (χ4v) is 6.11. The topological polar surface area (TPSA) is 103 Å². The molecule has 1 saturated heterocycles. The van der Waals surface area contributed by atoms with E-state index in [1.807, 2.05) is 22.1 Å². The summed E-state index contributed by atoms with van der Waals surface area (Å²) in [5, 5.41) is 14.2. The third kappa shape index (κ3) is 4.63. The van der Waals surface area contributed by atoms with E-state index in [0.29, 0.717) is 39.6 Å². The first-order valence-electron chi connectivity index (χ1n) is 11.9. The molecule has 4 aromatic rings. The number of amides is 1. The third-order valence-electron chi connectivity index (χ3n) is 6.41. The lowest BCUT2D eigenvalue weighted by Gasteiger charge is -2.18. The number of nitrogens with zero attached hydrogens (tertiary/aromatic N) is 3. The van der Waals surface area contributed by atoms with E-state index in [9.17, 15) is 14.4 Å². The monoisotopic (exact) mass is 530 g/mol. The van der Waals surface area contributed by atoms with Crippen LogP contribution in [0.15, 0.2) is 65.1 Å². The van der Waals surface area contributed by atoms with Crippen molar-refractivity contribution < 1.29 is 19.1 Å². The summed E-state index contributed by atoms with van der Waals surface area (Å²) in [4.78, 5) is 39.6. The molecule has 0 saturated carbocycles. The van der Waals surface area contributed by atoms with Crippen molar-refractivity contribution in [3.63, 3.8) is 0 Å². The molecule has 6 rings (SSSR count). The van der Waals surface area contributed by atoms with Crippen molar-refractivity contribution >= 4 is 46.3 Å². The van der Waals surface area contributed by atoms with Crippen LogP contribution in [0.2, 0.25) is 0 Å². The van der Waals surface area contributed by atoms with Gasteiger partial charge in [-0.15, -0.1) is 21.5 Å². The molecule has 0 radical (unpaired) electrons. The maximum Gasteiger partial charge on any atom is 0.234 e. The van der Waals surface area contributed by atoms with Crippen LogP contribution in [-0.2, 0) is 16.1 Å². The minimum absolute atomic E-state index is 0.101. The fraction of sp³-hybridized carbons (Fsp3) is 0.222. The quantitative estimate of drug-likeness (QED) is 0.305. The van der Waals surface area contributed by atoms with Crippen LogP contribution in [0.5, 0.6) is 0 Å². The molecule has 0 spiro atoms. The van der Waals surface area contributed by atoms with Crippen LogP contribution in [-0.4, -0.2) is 50.7 Å². The highest BCUT2D eigenvalue weighted by Gasteiger charge is 2.29. The van der Waals surface area contributed by atoms with Crippen LogP contribution in [0.1, 0.15) is 44.7 Å². The lowest BCUT2D eigenvalue weighted by molar-refractivity contribution is -0.113. The zero-order valence-electron chi connectivity index (χ0n) is 19.7. The Hall–Kier alpha value is -3.60. The minimum atomic E-state index is -0.246. The summed E-state index contributed by atoms with van der Waals surface area (Å²) in [6, 6.07) is 15.6. The largest absolute Gasteiger partial charge is 0.376 e. The summed E-state index contributed by atoms with van der Waals surface area (Å²) in [5.74, 6) is 0.224. The smallest absolute Gasteiger partial charge is 0.234 e. The van der Waals surface area contributed by atoms with E-state index >= 15 is 0 Å². The van der Waals surface area contributed by atoms with Gasteiger partial charge in [0.15, 0.2) is 22.5 Å². The normalized spacial score (nSPS) is 16.5. The number of carbonyl (C=O) groups excluding carboxylic acids is 3. The number of thioether (sulfide) groups is 1. The van der Waals surface area contributed by atoms with E-state index in [1.54, 1.807) is 53.8 Å². The average molecular weight is 531 g/mol. The fourth-order valence-electron chi connectivity index (χ4n) is 4.64. The van der Waals surface area contributed by atoms with Crippen molar-refractivity contribution in [2.24, 2.45) is 0 Å². The molecule has 1 aliphatic carbocycles. The van der Waals surface area contributed by atoms with Crippen molar-refractivity contribution in [3.8, 4) is 10.7 Å². The molecule has 8 nitrogen and oxygen atoms in total. The number of anilines is 1. The van der Waals surface area contributed by atoms with Crippen molar-refractivity contribution in [2.45, 2.75) is 30.6 Å². The van der Waals surface area contributed by atoms with Crippen LogP contribution in [0.3, 0.4) is 0 Å². The maximum atomic E-state index is 13.0. The zero-order chi connectivity index (χ0) is 25.4. The molecular weight excluding hydrogens is 508 g/mol. The number of hydrogen-bond acceptors (Lipinski definition) is 8. The molecule has 1 fully saturated rings. The van der Waals surface area contributed by atoms with E-state index < -0.39 is 0 Å². The molecule has 1 atom stereocenters. The second-order valence-corrected chi connectivity index (χ2v) is 10.7. The van der Waals surface area contributed by atoms with Crippen molar-refractivity contribution in [1.29, 1.82) is 0 Å². The maximum absolute atomic E-state index is 13.0. The molecule has 0 bridgehead atoms. The van der Waals surface area contributed by atoms with E-state index in [0.717, 1.165) is 30.2 Å². The first kappa shape index (κ1) is 23.8. The van der Waals surface area contributed by atoms with Gasteiger partial charge in [-0.2, -0.15) is 0 Å². The number of aromatic nitrogens is 3. The molecule has 186 valence electrons. The van der Waals surface area contributed by atoms with Crippen LogP contribution in [0.25, 0.3) is 10.7 Å². The lowest BCUT2D eigenvalue weighted by Crippen LogP contribution is -2.22. The predicted molar refractivity (Wildman–Crippen MR) is 141 cm³/mol. The number of rotatable bonds is 7. The van der Waals surface area contributed by atoms with E-state index in [-0.39, 0.29) is 29.3 Å². The Morgan fingerprint density at radius 1 is 1.03 bits per heavy atom. The van der Waals surface area contributed by atoms with E-state index in [4.69, 9.17) is 4.74 Å². The number of hydrogen-bond donors (Lipinski definition) is 1. The summed E-state index contributed by atoms with van der Waals surface area (Å²) >= 11 is 2.89. The molecule has 2 aliphatic rings. The molecule has 1 aliphatic heterocycles. The number of carbonyl (C=O) groups is 3. The number of nitrogens with one attached hydrogen (secondary N) is 1. The molecule has 37 heavy (non-hydrogen) atoms. The lowest BCUT2D eigenvalue weighted by atomic mass is 9.84. The standard InChI is InChI=1S/C27H22N4O4S2/c32-23(28-16-9-10-20-21(13-16)25(34)19-7-2-1-6-18(19)24(20)33)15-37-27-30-29-26(22-8-4-12-36-22)31(27)14-17-5-3-11-35-17/h1-2,4,6-10,12-13,17H,3,5,11,14-15H2,(H,28,32). The number of fused-ring (bicyclic) bond motifs is 2. The number of ether oxygens (including phenoxy) is 1. The Bertz CT molecular complexity index is 1510. The van der Waals surface area contributed by atoms with Crippen LogP contribution >= 0.6 is 23.1 Å². The van der Waals surface area contributed by atoms with Gasteiger partial charge in [-0.3, -0.25) is 19.0 Å². The van der Waals surface area contributed by atoms with Gasteiger partial charge in [-0.05, 0) is 42.5 Å². The summed E-state index contributed by atoms with van der Waals surface area (Å²) < 4.78 is 7.86. The zero-order valence-corrected chi connectivity index (χ0v) is 21.3. The first-order chi connectivity index (χ1) is 18.1. The van der Waals surface area contributed by atoms with Crippen molar-refractivity contribution in [3.05, 3.63) is 82.2 Å². The molecule has 10 heteroatoms. The Kier molecular flexibility index (Phi) is 6.45. The van der Waals surface area contributed by atoms with E-state index in [1.165, 1.54) is 11.8 Å². The summed E-state index contributed by atoms with van der Waals surface area (Å²) in [6.07, 6.45) is 2.12. The predicted octanol–water partition coefficient (Wildman–Crippen LogP) is 4.69. The Labute approximate surface area is 221 Å².